The van der Waals surface area contributed by atoms with Crippen LogP contribution in [0.3, 0.4) is 0 Å². The van der Waals surface area contributed by atoms with Crippen molar-refractivity contribution in [3.05, 3.63) is 43.0 Å². The van der Waals surface area contributed by atoms with Gasteiger partial charge in [0, 0.05) is 0 Å². The van der Waals surface area contributed by atoms with Crippen LogP contribution in [0.15, 0.2) is 47.9 Å². The summed E-state index contributed by atoms with van der Waals surface area (Å²) in [5.74, 6) is 0. The molecule has 0 atom stereocenters. The fourth-order valence-corrected chi connectivity index (χ4v) is 1.69. The zero-order valence-corrected chi connectivity index (χ0v) is 8.94. The molecule has 0 aliphatic rings. The predicted octanol–water partition coefficient (Wildman–Crippen LogP) is 1.39. The first-order valence-electron chi connectivity index (χ1n) is 4.01. The van der Waals surface area contributed by atoms with E-state index in [1.54, 1.807) is 18.2 Å². The lowest BCUT2D eigenvalue weighted by Gasteiger charge is -2.01. The molecule has 0 N–H and O–H groups in total. The highest BCUT2D eigenvalue weighted by atomic mass is 32.2. The topological polar surface area (TPSA) is 60.4 Å². The first kappa shape index (κ1) is 13.5. The van der Waals surface area contributed by atoms with Gasteiger partial charge in [-0.25, -0.2) is 0 Å². The van der Waals surface area contributed by atoms with Gasteiger partial charge in [-0.2, -0.15) is 8.42 Å². The third-order valence-corrected chi connectivity index (χ3v) is 2.67. The van der Waals surface area contributed by atoms with E-state index in [1.807, 2.05) is 6.79 Å². The molecular weight excluding hydrogens is 216 g/mol. The Bertz CT molecular complexity index is 383. The van der Waals surface area contributed by atoms with Crippen LogP contribution in [-0.2, 0) is 19.1 Å². The number of hydrogen-bond donors (Lipinski definition) is 0. The van der Waals surface area contributed by atoms with Gasteiger partial charge in [-0.05, 0) is 12.1 Å². The van der Waals surface area contributed by atoms with E-state index < -0.39 is 10.1 Å². The van der Waals surface area contributed by atoms with Crippen LogP contribution in [0.2, 0.25) is 0 Å². The molecule has 1 aromatic rings. The van der Waals surface area contributed by atoms with Gasteiger partial charge in [0.05, 0.1) is 11.5 Å². The fraction of sp³-hybridized carbons (Fsp3) is 0.100. The van der Waals surface area contributed by atoms with Crippen LogP contribution in [0.4, 0.5) is 0 Å². The molecule has 0 aliphatic carbocycles. The lowest BCUT2D eigenvalue weighted by molar-refractivity contribution is -0.0979. The van der Waals surface area contributed by atoms with Crippen LogP contribution in [0, 0.1) is 0 Å². The molecule has 0 saturated heterocycles. The molecule has 0 aliphatic heterocycles. The lowest BCUT2D eigenvalue weighted by atomic mass is 10.4. The Morgan fingerprint density at radius 1 is 1.20 bits per heavy atom. The SMILES string of the molecule is C=CCOS(=O)(=O)c1ccccc1.C=O. The third kappa shape index (κ3) is 4.53. The second-order valence-electron chi connectivity index (χ2n) is 2.34. The summed E-state index contributed by atoms with van der Waals surface area (Å²) < 4.78 is 27.3. The van der Waals surface area contributed by atoms with Crippen LogP contribution >= 0.6 is 0 Å². The van der Waals surface area contributed by atoms with Gasteiger partial charge in [0.2, 0.25) is 0 Å². The number of rotatable bonds is 4. The monoisotopic (exact) mass is 228 g/mol. The molecule has 0 heterocycles. The summed E-state index contributed by atoms with van der Waals surface area (Å²) in [5.41, 5.74) is 0. The average Bonchev–Trinajstić information content (AvgIpc) is 2.30. The largest absolute Gasteiger partial charge is 0.307 e. The second-order valence-corrected chi connectivity index (χ2v) is 3.96. The number of hydrogen-bond acceptors (Lipinski definition) is 4. The van der Waals surface area contributed by atoms with Crippen molar-refractivity contribution < 1.29 is 17.4 Å². The minimum Gasteiger partial charge on any atom is -0.307 e. The summed E-state index contributed by atoms with van der Waals surface area (Å²) in [5, 5.41) is 0. The van der Waals surface area contributed by atoms with Gasteiger partial charge in [-0.15, -0.1) is 6.58 Å². The van der Waals surface area contributed by atoms with Gasteiger partial charge in [-0.3, -0.25) is 4.18 Å². The molecule has 0 bridgehead atoms. The van der Waals surface area contributed by atoms with E-state index in [0.29, 0.717) is 0 Å². The Kier molecular flexibility index (Phi) is 6.24. The van der Waals surface area contributed by atoms with E-state index in [2.05, 4.69) is 10.8 Å². The quantitative estimate of drug-likeness (QED) is 0.577. The van der Waals surface area contributed by atoms with Crippen LogP contribution in [0.5, 0.6) is 0 Å². The smallest absolute Gasteiger partial charge is 0.297 e. The molecule has 5 heteroatoms. The number of carbonyl (C=O) groups excluding carboxylic acids is 1. The Balaban J connectivity index is 0.000000921. The molecule has 4 nitrogen and oxygen atoms in total. The maximum absolute atomic E-state index is 11.3. The van der Waals surface area contributed by atoms with Crippen LogP contribution in [0.1, 0.15) is 0 Å². The molecule has 0 amide bonds. The van der Waals surface area contributed by atoms with Crippen LogP contribution in [-0.4, -0.2) is 21.8 Å². The molecule has 0 spiro atoms. The van der Waals surface area contributed by atoms with E-state index in [0.717, 1.165) is 0 Å². The van der Waals surface area contributed by atoms with Crippen molar-refractivity contribution in [1.29, 1.82) is 0 Å². The normalized spacial score (nSPS) is 9.87. The molecule has 1 aromatic carbocycles. The van der Waals surface area contributed by atoms with Crippen LogP contribution < -0.4 is 0 Å². The van der Waals surface area contributed by atoms with Gasteiger partial charge >= 0.3 is 0 Å². The highest BCUT2D eigenvalue weighted by molar-refractivity contribution is 7.86. The Hall–Kier alpha value is -1.46. The van der Waals surface area contributed by atoms with E-state index in [4.69, 9.17) is 4.79 Å². The van der Waals surface area contributed by atoms with Gasteiger partial charge in [0.25, 0.3) is 10.1 Å². The first-order chi connectivity index (χ1) is 7.17. The van der Waals surface area contributed by atoms with Gasteiger partial charge in [-0.1, -0.05) is 24.3 Å². The van der Waals surface area contributed by atoms with Crippen molar-refractivity contribution in [2.24, 2.45) is 0 Å². The zero-order chi connectivity index (χ0) is 11.7. The molecular formula is C10H12O4S. The van der Waals surface area contributed by atoms with Gasteiger partial charge < -0.3 is 4.79 Å². The average molecular weight is 228 g/mol. The Labute approximate surface area is 89.3 Å². The molecule has 15 heavy (non-hydrogen) atoms. The van der Waals surface area contributed by atoms with Crippen molar-refractivity contribution in [2.45, 2.75) is 4.90 Å². The lowest BCUT2D eigenvalue weighted by Crippen LogP contribution is -2.05. The highest BCUT2D eigenvalue weighted by Crippen LogP contribution is 2.10. The zero-order valence-electron chi connectivity index (χ0n) is 8.13. The van der Waals surface area contributed by atoms with Crippen LogP contribution in [0.25, 0.3) is 0 Å². The van der Waals surface area contributed by atoms with Gasteiger partial charge in [0.15, 0.2) is 0 Å². The third-order valence-electron chi connectivity index (χ3n) is 1.37. The standard InChI is InChI=1S/C9H10O3S.CH2O/c1-2-8-12-13(10,11)9-6-4-3-5-7-9;1-2/h2-7H,1,8H2;1H2. The molecule has 0 aromatic heterocycles. The summed E-state index contributed by atoms with van der Waals surface area (Å²) in [6.45, 7) is 5.37. The maximum Gasteiger partial charge on any atom is 0.297 e. The number of carbonyl (C=O) groups is 1. The minimum absolute atomic E-state index is 0.00275. The number of benzene rings is 1. The predicted molar refractivity (Wildman–Crippen MR) is 56.9 cm³/mol. The van der Waals surface area contributed by atoms with Crippen molar-refractivity contribution >= 4 is 16.9 Å². The maximum atomic E-state index is 11.3. The summed E-state index contributed by atoms with van der Waals surface area (Å²) in [4.78, 5) is 8.16. The molecule has 0 saturated carbocycles. The Morgan fingerprint density at radius 3 is 2.20 bits per heavy atom. The molecule has 82 valence electrons. The summed E-state index contributed by atoms with van der Waals surface area (Å²) >= 11 is 0. The van der Waals surface area contributed by atoms with E-state index in [9.17, 15) is 8.42 Å². The van der Waals surface area contributed by atoms with Crippen molar-refractivity contribution in [3.63, 3.8) is 0 Å². The van der Waals surface area contributed by atoms with Crippen molar-refractivity contribution in [3.8, 4) is 0 Å². The highest BCUT2D eigenvalue weighted by Gasteiger charge is 2.12. The first-order valence-corrected chi connectivity index (χ1v) is 5.42. The molecule has 1 rings (SSSR count). The van der Waals surface area contributed by atoms with Gasteiger partial charge in [0.1, 0.15) is 6.79 Å². The molecule has 0 radical (unpaired) electrons. The van der Waals surface area contributed by atoms with E-state index in [1.165, 1.54) is 18.2 Å². The summed E-state index contributed by atoms with van der Waals surface area (Å²) in [6, 6.07) is 8.00. The molecule has 0 unspecified atom stereocenters. The van der Waals surface area contributed by atoms with E-state index in [-0.39, 0.29) is 11.5 Å². The van der Waals surface area contributed by atoms with E-state index >= 15 is 0 Å². The second kappa shape index (κ2) is 6.92. The molecule has 0 fully saturated rings. The summed E-state index contributed by atoms with van der Waals surface area (Å²) in [7, 11) is -3.59. The fourth-order valence-electron chi connectivity index (χ4n) is 0.793. The Morgan fingerprint density at radius 2 is 1.73 bits per heavy atom. The summed E-state index contributed by atoms with van der Waals surface area (Å²) in [6.07, 6.45) is 1.39. The minimum atomic E-state index is -3.59. The van der Waals surface area contributed by atoms with Crippen molar-refractivity contribution in [1.82, 2.24) is 0 Å². The van der Waals surface area contributed by atoms with Crippen molar-refractivity contribution in [2.75, 3.05) is 6.61 Å².